The van der Waals surface area contributed by atoms with Crippen LogP contribution in [0.2, 0.25) is 0 Å². The third-order valence-corrected chi connectivity index (χ3v) is 6.30. The summed E-state index contributed by atoms with van der Waals surface area (Å²) in [7, 11) is 0. The van der Waals surface area contributed by atoms with Gasteiger partial charge in [-0.15, -0.1) is 21.5 Å². The number of hydrazone groups is 1. The summed E-state index contributed by atoms with van der Waals surface area (Å²) in [6, 6.07) is 22.0. The molecule has 0 bridgehead atoms. The largest absolute Gasteiger partial charge is 0.272 e. The second-order valence-corrected chi connectivity index (χ2v) is 9.14. The smallest absolute Gasteiger partial charge is 0.250 e. The average molecular weight is 448 g/mol. The normalized spacial score (nSPS) is 11.2. The number of carbonyl (C=O) groups is 1. The Morgan fingerprint density at radius 3 is 2.55 bits per heavy atom. The highest BCUT2D eigenvalue weighted by molar-refractivity contribution is 7.99. The van der Waals surface area contributed by atoms with E-state index in [1.165, 1.54) is 22.2 Å². The first-order valence-electron chi connectivity index (χ1n) is 9.69. The van der Waals surface area contributed by atoms with Crippen LogP contribution in [-0.4, -0.2) is 32.6 Å². The zero-order valence-corrected chi connectivity index (χ0v) is 18.8. The van der Waals surface area contributed by atoms with E-state index in [-0.39, 0.29) is 11.7 Å². The van der Waals surface area contributed by atoms with Gasteiger partial charge in [-0.2, -0.15) is 5.10 Å². The van der Waals surface area contributed by atoms with Gasteiger partial charge in [0.2, 0.25) is 0 Å². The zero-order valence-electron chi connectivity index (χ0n) is 17.1. The minimum absolute atomic E-state index is 0.180. The summed E-state index contributed by atoms with van der Waals surface area (Å²) in [6.07, 6.45) is 1.65. The first-order valence-corrected chi connectivity index (χ1v) is 11.5. The van der Waals surface area contributed by atoms with Crippen LogP contribution in [0.3, 0.4) is 0 Å². The molecule has 156 valence electrons. The Kier molecular flexibility index (Phi) is 6.59. The molecule has 0 fully saturated rings. The van der Waals surface area contributed by atoms with Crippen LogP contribution in [-0.2, 0) is 4.79 Å². The van der Waals surface area contributed by atoms with Gasteiger partial charge in [0.1, 0.15) is 0 Å². The number of aryl methyl sites for hydroxylation is 2. The molecule has 0 aliphatic heterocycles. The van der Waals surface area contributed by atoms with Gasteiger partial charge in [0.15, 0.2) is 11.0 Å². The van der Waals surface area contributed by atoms with E-state index in [0.717, 1.165) is 22.0 Å². The molecule has 31 heavy (non-hydrogen) atoms. The van der Waals surface area contributed by atoms with Gasteiger partial charge < -0.3 is 0 Å². The SMILES string of the molecule is Cc1ccc(-c2nnc(SCC(=O)NN=Cc3ccc(C)s3)n2-c2ccccc2)cc1. The Hall–Kier alpha value is -3.23. The Balaban J connectivity index is 1.50. The van der Waals surface area contributed by atoms with Crippen LogP contribution in [0.25, 0.3) is 17.1 Å². The van der Waals surface area contributed by atoms with Gasteiger partial charge in [-0.25, -0.2) is 5.43 Å². The molecule has 1 N–H and O–H groups in total. The summed E-state index contributed by atoms with van der Waals surface area (Å²) in [4.78, 5) is 14.5. The Morgan fingerprint density at radius 2 is 1.84 bits per heavy atom. The second kappa shape index (κ2) is 9.72. The minimum atomic E-state index is -0.200. The summed E-state index contributed by atoms with van der Waals surface area (Å²) < 4.78 is 1.97. The number of para-hydroxylation sites is 1. The van der Waals surface area contributed by atoms with Crippen molar-refractivity contribution in [2.24, 2.45) is 5.10 Å². The standard InChI is InChI=1S/C23H21N5OS2/c1-16-8-11-18(12-9-16)22-26-27-23(28(22)19-6-4-3-5-7-19)30-15-21(29)25-24-14-20-13-10-17(2)31-20/h3-14H,15H2,1-2H3,(H,25,29). The molecular weight excluding hydrogens is 426 g/mol. The van der Waals surface area contributed by atoms with Gasteiger partial charge in [0.05, 0.1) is 12.0 Å². The van der Waals surface area contributed by atoms with E-state index in [2.05, 4.69) is 20.7 Å². The van der Waals surface area contributed by atoms with Crippen LogP contribution in [0.5, 0.6) is 0 Å². The lowest BCUT2D eigenvalue weighted by Crippen LogP contribution is -2.19. The third kappa shape index (κ3) is 5.28. The highest BCUT2D eigenvalue weighted by atomic mass is 32.2. The number of carbonyl (C=O) groups excluding carboxylic acids is 1. The van der Waals surface area contributed by atoms with E-state index < -0.39 is 0 Å². The fourth-order valence-electron chi connectivity index (χ4n) is 2.92. The lowest BCUT2D eigenvalue weighted by Gasteiger charge is -2.10. The van der Waals surface area contributed by atoms with Gasteiger partial charge in [-0.1, -0.05) is 59.8 Å². The maximum absolute atomic E-state index is 12.3. The molecule has 0 unspecified atom stereocenters. The first kappa shape index (κ1) is 21.0. The summed E-state index contributed by atoms with van der Waals surface area (Å²) in [5, 5.41) is 13.4. The Bertz CT molecular complexity index is 1200. The number of amides is 1. The van der Waals surface area contributed by atoms with Crippen LogP contribution in [0, 0.1) is 13.8 Å². The fourth-order valence-corrected chi connectivity index (χ4v) is 4.41. The van der Waals surface area contributed by atoms with Crippen molar-refractivity contribution in [3.05, 3.63) is 82.0 Å². The van der Waals surface area contributed by atoms with Gasteiger partial charge >= 0.3 is 0 Å². The number of benzene rings is 2. The van der Waals surface area contributed by atoms with Crippen LogP contribution >= 0.6 is 23.1 Å². The fraction of sp³-hybridized carbons (Fsp3) is 0.130. The molecule has 2 aromatic carbocycles. The Morgan fingerprint density at radius 1 is 1.06 bits per heavy atom. The summed E-state index contributed by atoms with van der Waals surface area (Å²) in [5.41, 5.74) is 5.66. The molecule has 0 atom stereocenters. The molecule has 0 saturated carbocycles. The second-order valence-electron chi connectivity index (χ2n) is 6.87. The van der Waals surface area contributed by atoms with Gasteiger partial charge in [0, 0.05) is 21.0 Å². The third-order valence-electron chi connectivity index (χ3n) is 4.43. The topological polar surface area (TPSA) is 72.2 Å². The molecule has 6 nitrogen and oxygen atoms in total. The first-order chi connectivity index (χ1) is 15.1. The van der Waals surface area contributed by atoms with Crippen LogP contribution in [0.15, 0.2) is 77.0 Å². The van der Waals surface area contributed by atoms with E-state index in [9.17, 15) is 4.79 Å². The predicted octanol–water partition coefficient (Wildman–Crippen LogP) is 4.86. The number of aromatic nitrogens is 3. The molecule has 2 heterocycles. The number of nitrogens with zero attached hydrogens (tertiary/aromatic N) is 4. The molecule has 2 aromatic heterocycles. The molecule has 0 aliphatic carbocycles. The number of thioether (sulfide) groups is 1. The monoisotopic (exact) mass is 447 g/mol. The minimum Gasteiger partial charge on any atom is -0.272 e. The molecule has 4 rings (SSSR count). The molecule has 1 amide bonds. The average Bonchev–Trinajstić information content (AvgIpc) is 3.39. The molecule has 8 heteroatoms. The van der Waals surface area contributed by atoms with Crippen molar-refractivity contribution in [2.45, 2.75) is 19.0 Å². The van der Waals surface area contributed by atoms with Crippen molar-refractivity contribution in [3.8, 4) is 17.1 Å². The van der Waals surface area contributed by atoms with Crippen LogP contribution in [0.4, 0.5) is 0 Å². The number of rotatable bonds is 7. The van der Waals surface area contributed by atoms with Crippen molar-refractivity contribution in [1.29, 1.82) is 0 Å². The molecule has 0 saturated heterocycles. The maximum Gasteiger partial charge on any atom is 0.250 e. The van der Waals surface area contributed by atoms with Gasteiger partial charge in [0.25, 0.3) is 5.91 Å². The number of thiophene rings is 1. The highest BCUT2D eigenvalue weighted by Gasteiger charge is 2.17. The van der Waals surface area contributed by atoms with Crippen molar-refractivity contribution in [2.75, 3.05) is 5.75 Å². The van der Waals surface area contributed by atoms with E-state index in [1.807, 2.05) is 85.1 Å². The lowest BCUT2D eigenvalue weighted by molar-refractivity contribution is -0.118. The van der Waals surface area contributed by atoms with Gasteiger partial charge in [-0.05, 0) is 38.1 Å². The molecule has 4 aromatic rings. The number of nitrogens with one attached hydrogen (secondary N) is 1. The van der Waals surface area contributed by atoms with E-state index in [4.69, 9.17) is 0 Å². The summed E-state index contributed by atoms with van der Waals surface area (Å²) in [6.45, 7) is 4.08. The van der Waals surface area contributed by atoms with Crippen LogP contribution < -0.4 is 5.43 Å². The molecule has 0 spiro atoms. The molecule has 0 radical (unpaired) electrons. The van der Waals surface area contributed by atoms with E-state index in [0.29, 0.717) is 5.16 Å². The highest BCUT2D eigenvalue weighted by Crippen LogP contribution is 2.28. The molecule has 0 aliphatic rings. The Labute approximate surface area is 189 Å². The van der Waals surface area contributed by atoms with Crippen LogP contribution in [0.1, 0.15) is 15.3 Å². The zero-order chi connectivity index (χ0) is 21.6. The van der Waals surface area contributed by atoms with E-state index in [1.54, 1.807) is 17.6 Å². The predicted molar refractivity (Wildman–Crippen MR) is 127 cm³/mol. The lowest BCUT2D eigenvalue weighted by atomic mass is 10.1. The molecular formula is C23H21N5OS2. The van der Waals surface area contributed by atoms with Crippen molar-refractivity contribution < 1.29 is 4.79 Å². The van der Waals surface area contributed by atoms with Crippen molar-refractivity contribution in [3.63, 3.8) is 0 Å². The maximum atomic E-state index is 12.3. The summed E-state index contributed by atoms with van der Waals surface area (Å²) >= 11 is 2.95. The number of hydrogen-bond acceptors (Lipinski definition) is 6. The van der Waals surface area contributed by atoms with Crippen molar-refractivity contribution >= 4 is 35.2 Å². The van der Waals surface area contributed by atoms with Gasteiger partial charge in [-0.3, -0.25) is 9.36 Å². The van der Waals surface area contributed by atoms with E-state index >= 15 is 0 Å². The van der Waals surface area contributed by atoms with Crippen molar-refractivity contribution in [1.82, 2.24) is 20.2 Å². The number of hydrogen-bond donors (Lipinski definition) is 1. The quantitative estimate of drug-likeness (QED) is 0.250. The summed E-state index contributed by atoms with van der Waals surface area (Å²) in [5.74, 6) is 0.717.